The third-order valence-corrected chi connectivity index (χ3v) is 3.31. The van der Waals surface area contributed by atoms with Crippen LogP contribution in [0, 0.1) is 5.92 Å². The monoisotopic (exact) mass is 213 g/mol. The van der Waals surface area contributed by atoms with Crippen LogP contribution in [0.1, 0.15) is 19.3 Å². The summed E-state index contributed by atoms with van der Waals surface area (Å²) in [6.07, 6.45) is 4.13. The molecule has 0 amide bonds. The van der Waals surface area contributed by atoms with Crippen LogP contribution in [0.4, 0.5) is 0 Å². The lowest BCUT2D eigenvalue weighted by Gasteiger charge is -2.25. The van der Waals surface area contributed by atoms with Crippen LogP contribution in [0.5, 0.6) is 0 Å². The zero-order valence-electron chi connectivity index (χ0n) is 10.6. The predicted octanol–water partition coefficient (Wildman–Crippen LogP) is 0.869. The van der Waals surface area contributed by atoms with Crippen LogP contribution in [0.15, 0.2) is 0 Å². The first kappa shape index (κ1) is 12.9. The Balaban J connectivity index is 2.02. The second-order valence-corrected chi connectivity index (χ2v) is 5.09. The highest BCUT2D eigenvalue weighted by Gasteiger charge is 2.13. The fraction of sp³-hybridized carbons (Fsp3) is 1.00. The maximum absolute atomic E-state index is 3.42. The van der Waals surface area contributed by atoms with Gasteiger partial charge in [-0.15, -0.1) is 0 Å². The van der Waals surface area contributed by atoms with Gasteiger partial charge in [-0.25, -0.2) is 0 Å². The van der Waals surface area contributed by atoms with Gasteiger partial charge in [0.1, 0.15) is 0 Å². The van der Waals surface area contributed by atoms with E-state index < -0.39 is 0 Å². The van der Waals surface area contributed by atoms with Gasteiger partial charge in [0.15, 0.2) is 0 Å². The highest BCUT2D eigenvalue weighted by atomic mass is 15.1. The van der Waals surface area contributed by atoms with Crippen molar-refractivity contribution in [1.82, 2.24) is 15.1 Å². The van der Waals surface area contributed by atoms with E-state index in [0.29, 0.717) is 0 Å². The minimum atomic E-state index is 0.966. The molecule has 1 heterocycles. The van der Waals surface area contributed by atoms with E-state index in [1.54, 1.807) is 0 Å². The molecule has 0 aromatic carbocycles. The molecule has 90 valence electrons. The van der Waals surface area contributed by atoms with E-state index in [-0.39, 0.29) is 0 Å². The van der Waals surface area contributed by atoms with E-state index in [1.807, 2.05) is 0 Å². The highest BCUT2D eigenvalue weighted by Crippen LogP contribution is 2.15. The molecular weight excluding hydrogens is 186 g/mol. The molecule has 0 saturated carbocycles. The first-order valence-corrected chi connectivity index (χ1v) is 6.22. The van der Waals surface area contributed by atoms with Gasteiger partial charge in [0.25, 0.3) is 0 Å². The Morgan fingerprint density at radius 3 is 2.27 bits per heavy atom. The van der Waals surface area contributed by atoms with Crippen molar-refractivity contribution in [2.75, 3.05) is 53.9 Å². The van der Waals surface area contributed by atoms with Gasteiger partial charge in [-0.3, -0.25) is 0 Å². The summed E-state index contributed by atoms with van der Waals surface area (Å²) in [5.41, 5.74) is 0. The topological polar surface area (TPSA) is 18.5 Å². The minimum absolute atomic E-state index is 0.966. The number of nitrogens with one attached hydrogen (secondary N) is 1. The lowest BCUT2D eigenvalue weighted by atomic mass is 9.94. The van der Waals surface area contributed by atoms with E-state index in [1.165, 1.54) is 52.0 Å². The quantitative estimate of drug-likeness (QED) is 0.706. The summed E-state index contributed by atoms with van der Waals surface area (Å²) in [4.78, 5) is 4.71. The number of hydrogen-bond acceptors (Lipinski definition) is 3. The van der Waals surface area contributed by atoms with Crippen molar-refractivity contribution >= 4 is 0 Å². The molecule has 0 spiro atoms. The zero-order chi connectivity index (χ0) is 11.1. The van der Waals surface area contributed by atoms with Crippen LogP contribution in [-0.4, -0.2) is 63.7 Å². The third kappa shape index (κ3) is 6.13. The molecule has 1 aliphatic rings. The van der Waals surface area contributed by atoms with Crippen LogP contribution in [0.25, 0.3) is 0 Å². The van der Waals surface area contributed by atoms with Crippen molar-refractivity contribution in [3.63, 3.8) is 0 Å². The SMILES string of the molecule is CN(C)CCN(C)CCC1CCNCC1. The maximum atomic E-state index is 3.42. The Hall–Kier alpha value is -0.120. The summed E-state index contributed by atoms with van der Waals surface area (Å²) in [5.74, 6) is 0.966. The average molecular weight is 213 g/mol. The molecule has 0 aromatic rings. The number of piperidine rings is 1. The van der Waals surface area contributed by atoms with Crippen molar-refractivity contribution in [3.8, 4) is 0 Å². The van der Waals surface area contributed by atoms with Gasteiger partial charge in [-0.1, -0.05) is 0 Å². The Labute approximate surface area is 94.8 Å². The second kappa shape index (κ2) is 7.20. The highest BCUT2D eigenvalue weighted by molar-refractivity contribution is 4.69. The molecule has 0 atom stereocenters. The van der Waals surface area contributed by atoms with E-state index in [4.69, 9.17) is 0 Å². The summed E-state index contributed by atoms with van der Waals surface area (Å²) in [7, 11) is 6.52. The van der Waals surface area contributed by atoms with Gasteiger partial charge in [0, 0.05) is 13.1 Å². The molecule has 0 aliphatic carbocycles. The van der Waals surface area contributed by atoms with Gasteiger partial charge in [0.2, 0.25) is 0 Å². The van der Waals surface area contributed by atoms with Crippen molar-refractivity contribution in [1.29, 1.82) is 0 Å². The molecule has 0 bridgehead atoms. The molecule has 1 rings (SSSR count). The summed E-state index contributed by atoms with van der Waals surface area (Å²) in [6.45, 7) is 6.08. The summed E-state index contributed by atoms with van der Waals surface area (Å²) in [6, 6.07) is 0. The standard InChI is InChI=1S/C12H27N3/c1-14(2)10-11-15(3)9-6-12-4-7-13-8-5-12/h12-13H,4-11H2,1-3H3. The average Bonchev–Trinajstić information content (AvgIpc) is 2.25. The Bertz CT molecular complexity index is 153. The predicted molar refractivity (Wildman–Crippen MR) is 66.3 cm³/mol. The molecule has 0 aromatic heterocycles. The van der Waals surface area contributed by atoms with Crippen molar-refractivity contribution in [2.24, 2.45) is 5.92 Å². The van der Waals surface area contributed by atoms with Crippen molar-refractivity contribution in [2.45, 2.75) is 19.3 Å². The van der Waals surface area contributed by atoms with E-state index in [0.717, 1.165) is 5.92 Å². The Kier molecular flexibility index (Phi) is 6.22. The summed E-state index contributed by atoms with van der Waals surface area (Å²) < 4.78 is 0. The molecule has 1 saturated heterocycles. The van der Waals surface area contributed by atoms with Crippen molar-refractivity contribution < 1.29 is 0 Å². The normalized spacial score (nSPS) is 19.0. The fourth-order valence-corrected chi connectivity index (χ4v) is 2.06. The maximum Gasteiger partial charge on any atom is 0.0106 e. The first-order valence-electron chi connectivity index (χ1n) is 6.22. The van der Waals surface area contributed by atoms with E-state index >= 15 is 0 Å². The van der Waals surface area contributed by atoms with Crippen LogP contribution >= 0.6 is 0 Å². The largest absolute Gasteiger partial charge is 0.317 e. The Morgan fingerprint density at radius 1 is 1.00 bits per heavy atom. The van der Waals surface area contributed by atoms with Crippen LogP contribution in [0.2, 0.25) is 0 Å². The molecule has 0 radical (unpaired) electrons. The van der Waals surface area contributed by atoms with Crippen LogP contribution in [0.3, 0.4) is 0 Å². The van der Waals surface area contributed by atoms with Crippen LogP contribution < -0.4 is 5.32 Å². The zero-order valence-corrected chi connectivity index (χ0v) is 10.6. The van der Waals surface area contributed by atoms with Crippen molar-refractivity contribution in [3.05, 3.63) is 0 Å². The molecular formula is C12H27N3. The third-order valence-electron chi connectivity index (χ3n) is 3.31. The number of hydrogen-bond donors (Lipinski definition) is 1. The molecule has 1 aliphatic heterocycles. The van der Waals surface area contributed by atoms with Gasteiger partial charge < -0.3 is 15.1 Å². The van der Waals surface area contributed by atoms with E-state index in [2.05, 4.69) is 36.3 Å². The minimum Gasteiger partial charge on any atom is -0.317 e. The summed E-state index contributed by atoms with van der Waals surface area (Å²) in [5, 5.41) is 3.42. The molecule has 1 N–H and O–H groups in total. The van der Waals surface area contributed by atoms with E-state index in [9.17, 15) is 0 Å². The van der Waals surface area contributed by atoms with Crippen LogP contribution in [-0.2, 0) is 0 Å². The number of likely N-dealkylation sites (N-methyl/N-ethyl adjacent to an activating group) is 2. The number of nitrogens with zero attached hydrogens (tertiary/aromatic N) is 2. The lowest BCUT2D eigenvalue weighted by molar-refractivity contribution is 0.248. The molecule has 3 nitrogen and oxygen atoms in total. The smallest absolute Gasteiger partial charge is 0.0106 e. The summed E-state index contributed by atoms with van der Waals surface area (Å²) >= 11 is 0. The molecule has 0 unspecified atom stereocenters. The first-order chi connectivity index (χ1) is 7.18. The van der Waals surface area contributed by atoms with Gasteiger partial charge in [-0.05, 0) is 66.0 Å². The molecule has 15 heavy (non-hydrogen) atoms. The molecule has 3 heteroatoms. The Morgan fingerprint density at radius 2 is 1.67 bits per heavy atom. The van der Waals surface area contributed by atoms with Gasteiger partial charge >= 0.3 is 0 Å². The van der Waals surface area contributed by atoms with Gasteiger partial charge in [-0.2, -0.15) is 0 Å². The molecule has 1 fully saturated rings. The van der Waals surface area contributed by atoms with Gasteiger partial charge in [0.05, 0.1) is 0 Å². The second-order valence-electron chi connectivity index (χ2n) is 5.09. The lowest BCUT2D eigenvalue weighted by Crippen LogP contribution is -2.32. The number of rotatable bonds is 6. The fourth-order valence-electron chi connectivity index (χ4n) is 2.06.